The Balaban J connectivity index is 1.74. The normalized spacial score (nSPS) is 11.1. The van der Waals surface area contributed by atoms with Gasteiger partial charge >= 0.3 is 5.00 Å². The third kappa shape index (κ3) is 3.30. The Labute approximate surface area is 136 Å². The first-order chi connectivity index (χ1) is 11.0. The highest BCUT2D eigenvalue weighted by Gasteiger charge is 2.10. The van der Waals surface area contributed by atoms with Gasteiger partial charge in [-0.15, -0.1) is 0 Å². The topological polar surface area (TPSA) is 124 Å². The molecule has 0 aliphatic carbocycles. The summed E-state index contributed by atoms with van der Waals surface area (Å²) in [5, 5.41) is 25.8. The van der Waals surface area contributed by atoms with Crippen molar-refractivity contribution in [2.24, 2.45) is 5.10 Å². The van der Waals surface area contributed by atoms with Crippen LogP contribution in [-0.4, -0.2) is 21.0 Å². The van der Waals surface area contributed by atoms with Gasteiger partial charge in [0.2, 0.25) is 5.13 Å². The fourth-order valence-electron chi connectivity index (χ4n) is 1.74. The number of fused-ring (bicyclic) bond motifs is 1. The first kappa shape index (κ1) is 15.0. The van der Waals surface area contributed by atoms with E-state index in [-0.39, 0.29) is 10.7 Å². The van der Waals surface area contributed by atoms with E-state index >= 15 is 0 Å². The Hall–Kier alpha value is -2.92. The maximum atomic E-state index is 10.7. The van der Waals surface area contributed by atoms with Gasteiger partial charge in [0, 0.05) is 18.2 Å². The molecule has 1 N–H and O–H groups in total. The second-order valence-corrected chi connectivity index (χ2v) is 6.36. The SMILES string of the molecule is O=[N+]([O-])c1ccc2nc(N/N=C\c3ccc([N+](=O)[O-])s3)sc2c1. The van der Waals surface area contributed by atoms with Crippen LogP contribution in [0.3, 0.4) is 0 Å². The summed E-state index contributed by atoms with van der Waals surface area (Å²) in [7, 11) is 0. The number of hydrogen-bond acceptors (Lipinski definition) is 9. The monoisotopic (exact) mass is 349 g/mol. The number of rotatable bonds is 5. The molecule has 0 saturated carbocycles. The van der Waals surface area contributed by atoms with Crippen molar-refractivity contribution in [3.63, 3.8) is 0 Å². The summed E-state index contributed by atoms with van der Waals surface area (Å²) in [6.45, 7) is 0. The van der Waals surface area contributed by atoms with E-state index in [0.717, 1.165) is 11.3 Å². The number of benzene rings is 1. The van der Waals surface area contributed by atoms with Gasteiger partial charge in [-0.2, -0.15) is 5.10 Å². The molecule has 0 atom stereocenters. The number of nitro groups is 2. The average Bonchev–Trinajstić information content (AvgIpc) is 3.12. The van der Waals surface area contributed by atoms with E-state index in [1.165, 1.54) is 35.8 Å². The minimum atomic E-state index is -0.464. The Morgan fingerprint density at radius 1 is 1.13 bits per heavy atom. The molecule has 0 unspecified atom stereocenters. The molecule has 3 aromatic rings. The number of nitro benzene ring substituents is 1. The number of thiazole rings is 1. The third-order valence-corrected chi connectivity index (χ3v) is 4.62. The van der Waals surface area contributed by atoms with Gasteiger partial charge < -0.3 is 0 Å². The van der Waals surface area contributed by atoms with Crippen LogP contribution in [0.4, 0.5) is 15.8 Å². The molecular weight excluding hydrogens is 342 g/mol. The summed E-state index contributed by atoms with van der Waals surface area (Å²) in [5.74, 6) is 0. The number of non-ortho nitro benzene ring substituents is 1. The summed E-state index contributed by atoms with van der Waals surface area (Å²) in [6.07, 6.45) is 1.45. The van der Waals surface area contributed by atoms with Crippen LogP contribution in [-0.2, 0) is 0 Å². The van der Waals surface area contributed by atoms with Crippen LogP contribution < -0.4 is 5.43 Å². The van der Waals surface area contributed by atoms with Crippen LogP contribution in [0.15, 0.2) is 35.4 Å². The molecule has 23 heavy (non-hydrogen) atoms. The summed E-state index contributed by atoms with van der Waals surface area (Å²) in [4.78, 5) is 25.3. The Kier molecular flexibility index (Phi) is 3.95. The van der Waals surface area contributed by atoms with Gasteiger partial charge in [-0.25, -0.2) is 4.98 Å². The van der Waals surface area contributed by atoms with Crippen molar-refractivity contribution < 1.29 is 9.85 Å². The highest BCUT2D eigenvalue weighted by Crippen LogP contribution is 2.29. The zero-order valence-electron chi connectivity index (χ0n) is 11.2. The maximum absolute atomic E-state index is 10.7. The third-order valence-electron chi connectivity index (χ3n) is 2.73. The first-order valence-corrected chi connectivity index (χ1v) is 7.74. The molecule has 2 heterocycles. The Morgan fingerprint density at radius 3 is 2.65 bits per heavy atom. The van der Waals surface area contributed by atoms with Gasteiger partial charge in [0.15, 0.2) is 0 Å². The van der Waals surface area contributed by atoms with Crippen LogP contribution in [0.2, 0.25) is 0 Å². The molecule has 2 aromatic heterocycles. The molecule has 116 valence electrons. The number of anilines is 1. The van der Waals surface area contributed by atoms with Gasteiger partial charge in [-0.05, 0) is 12.1 Å². The average molecular weight is 349 g/mol. The van der Waals surface area contributed by atoms with E-state index in [4.69, 9.17) is 0 Å². The summed E-state index contributed by atoms with van der Waals surface area (Å²) >= 11 is 2.23. The molecule has 0 spiro atoms. The zero-order chi connectivity index (χ0) is 16.4. The van der Waals surface area contributed by atoms with E-state index in [1.807, 2.05) is 0 Å². The molecule has 0 bridgehead atoms. The van der Waals surface area contributed by atoms with Gasteiger partial charge in [0.25, 0.3) is 5.69 Å². The van der Waals surface area contributed by atoms with E-state index < -0.39 is 9.85 Å². The lowest BCUT2D eigenvalue weighted by Gasteiger charge is -1.90. The van der Waals surface area contributed by atoms with Crippen LogP contribution in [0, 0.1) is 20.2 Å². The van der Waals surface area contributed by atoms with E-state index in [1.54, 1.807) is 12.1 Å². The molecule has 0 saturated heterocycles. The number of thiophene rings is 1. The second kappa shape index (κ2) is 6.06. The minimum absolute atomic E-state index is 0.00194. The molecule has 0 aliphatic rings. The highest BCUT2D eigenvalue weighted by atomic mass is 32.1. The lowest BCUT2D eigenvalue weighted by Crippen LogP contribution is -1.87. The molecule has 11 heteroatoms. The Bertz CT molecular complexity index is 933. The summed E-state index contributed by atoms with van der Waals surface area (Å²) < 4.78 is 0.670. The number of aromatic nitrogens is 1. The fraction of sp³-hybridized carbons (Fsp3) is 0. The van der Waals surface area contributed by atoms with Gasteiger partial charge in [-0.3, -0.25) is 25.7 Å². The Morgan fingerprint density at radius 2 is 1.96 bits per heavy atom. The van der Waals surface area contributed by atoms with E-state index in [0.29, 0.717) is 20.2 Å². The van der Waals surface area contributed by atoms with Crippen molar-refractivity contribution in [2.45, 2.75) is 0 Å². The standard InChI is InChI=1S/C12H7N5O4S2/c18-16(19)7-1-3-9-10(5-7)23-12(14-9)15-13-6-8-2-4-11(22-8)17(20)21/h1-6H,(H,14,15)/b13-6-. The van der Waals surface area contributed by atoms with Gasteiger partial charge in [0.05, 0.1) is 31.2 Å². The van der Waals surface area contributed by atoms with Crippen LogP contribution in [0.1, 0.15) is 4.88 Å². The predicted octanol–water partition coefficient (Wildman–Crippen LogP) is 3.62. The number of nitrogens with zero attached hydrogens (tertiary/aromatic N) is 4. The van der Waals surface area contributed by atoms with Crippen molar-refractivity contribution in [1.82, 2.24) is 4.98 Å². The van der Waals surface area contributed by atoms with Crippen LogP contribution in [0.25, 0.3) is 10.2 Å². The number of hydrazone groups is 1. The molecule has 0 aliphatic heterocycles. The van der Waals surface area contributed by atoms with E-state index in [9.17, 15) is 20.2 Å². The van der Waals surface area contributed by atoms with Gasteiger partial charge in [-0.1, -0.05) is 22.7 Å². The quantitative estimate of drug-likeness (QED) is 0.426. The highest BCUT2D eigenvalue weighted by molar-refractivity contribution is 7.22. The molecule has 0 fully saturated rings. The predicted molar refractivity (Wildman–Crippen MR) is 88.5 cm³/mol. The summed E-state index contributed by atoms with van der Waals surface area (Å²) in [6, 6.07) is 7.41. The van der Waals surface area contributed by atoms with Crippen LogP contribution in [0.5, 0.6) is 0 Å². The lowest BCUT2D eigenvalue weighted by molar-refractivity contribution is -0.384. The largest absolute Gasteiger partial charge is 0.324 e. The summed E-state index contributed by atoms with van der Waals surface area (Å²) in [5.41, 5.74) is 3.35. The van der Waals surface area contributed by atoms with Crippen molar-refractivity contribution in [1.29, 1.82) is 0 Å². The van der Waals surface area contributed by atoms with Crippen molar-refractivity contribution in [2.75, 3.05) is 5.43 Å². The van der Waals surface area contributed by atoms with Crippen molar-refractivity contribution in [3.05, 3.63) is 55.4 Å². The number of hydrogen-bond donors (Lipinski definition) is 1. The molecule has 0 amide bonds. The fourth-order valence-corrected chi connectivity index (χ4v) is 3.28. The smallest absolute Gasteiger partial charge is 0.258 e. The maximum Gasteiger partial charge on any atom is 0.324 e. The molecular formula is C12H7N5O4S2. The van der Waals surface area contributed by atoms with Crippen molar-refractivity contribution >= 4 is 54.9 Å². The van der Waals surface area contributed by atoms with Gasteiger partial charge in [0.1, 0.15) is 0 Å². The van der Waals surface area contributed by atoms with Crippen molar-refractivity contribution in [3.8, 4) is 0 Å². The minimum Gasteiger partial charge on any atom is -0.258 e. The van der Waals surface area contributed by atoms with E-state index in [2.05, 4.69) is 15.5 Å². The molecule has 3 rings (SSSR count). The molecule has 0 radical (unpaired) electrons. The molecule has 9 nitrogen and oxygen atoms in total. The van der Waals surface area contributed by atoms with Crippen LogP contribution >= 0.6 is 22.7 Å². The lowest BCUT2D eigenvalue weighted by atomic mass is 10.3. The zero-order valence-corrected chi connectivity index (χ0v) is 12.8. The first-order valence-electron chi connectivity index (χ1n) is 6.11. The number of nitrogens with one attached hydrogen (secondary N) is 1. The second-order valence-electron chi connectivity index (χ2n) is 4.23. The molecule has 1 aromatic carbocycles.